The predicted octanol–water partition coefficient (Wildman–Crippen LogP) is 3.33. The van der Waals surface area contributed by atoms with E-state index in [1.165, 1.54) is 4.57 Å². The van der Waals surface area contributed by atoms with Crippen LogP contribution in [0.4, 0.5) is 16.2 Å². The van der Waals surface area contributed by atoms with E-state index >= 15 is 0 Å². The minimum atomic E-state index is -0.513. The van der Waals surface area contributed by atoms with Gasteiger partial charge < -0.3 is 20.3 Å². The summed E-state index contributed by atoms with van der Waals surface area (Å²) >= 11 is 0. The smallest absolute Gasteiger partial charge is 0.410 e. The number of ether oxygens (including phenoxy) is 1. The summed E-state index contributed by atoms with van der Waals surface area (Å²) in [6.45, 7) is 9.97. The standard InChI is InChI=1S/C24H29N5O3/c1-16-5-6-17(25)13-21(16)29-15-26-20-8-7-18(14-19(20)22(29)30)27-9-11-28(12-10-27)23(31)32-24(2,3)4/h5-8,13-15H,9-12,25H2,1-4H3. The number of anilines is 2. The van der Waals surface area contributed by atoms with Crippen molar-refractivity contribution >= 4 is 28.4 Å². The summed E-state index contributed by atoms with van der Waals surface area (Å²) in [5.74, 6) is 0. The van der Waals surface area contributed by atoms with E-state index in [1.807, 2.05) is 58.0 Å². The van der Waals surface area contributed by atoms with Gasteiger partial charge in [0.2, 0.25) is 0 Å². The first-order chi connectivity index (χ1) is 15.1. The molecule has 1 saturated heterocycles. The molecule has 0 radical (unpaired) electrons. The molecule has 0 bridgehead atoms. The molecule has 2 heterocycles. The van der Waals surface area contributed by atoms with Gasteiger partial charge in [-0.1, -0.05) is 6.07 Å². The highest BCUT2D eigenvalue weighted by Crippen LogP contribution is 2.22. The van der Waals surface area contributed by atoms with E-state index in [0.717, 1.165) is 16.9 Å². The summed E-state index contributed by atoms with van der Waals surface area (Å²) in [4.78, 5) is 34.0. The monoisotopic (exact) mass is 435 g/mol. The quantitative estimate of drug-likeness (QED) is 0.621. The molecule has 168 valence electrons. The number of hydrogen-bond acceptors (Lipinski definition) is 6. The third-order valence-electron chi connectivity index (χ3n) is 5.53. The second-order valence-electron chi connectivity index (χ2n) is 9.12. The lowest BCUT2D eigenvalue weighted by Gasteiger charge is -2.36. The normalized spacial score (nSPS) is 14.6. The number of nitrogens with two attached hydrogens (primary N) is 1. The SMILES string of the molecule is Cc1ccc(N)cc1-n1cnc2ccc(N3CCN(C(=O)OC(C)(C)C)CC3)cc2c1=O. The number of nitrogens with zero attached hydrogens (tertiary/aromatic N) is 4. The molecule has 1 aliphatic rings. The van der Waals surface area contributed by atoms with Crippen LogP contribution in [0, 0.1) is 6.92 Å². The topological polar surface area (TPSA) is 93.7 Å². The van der Waals surface area contributed by atoms with Crippen molar-refractivity contribution in [2.45, 2.75) is 33.3 Å². The van der Waals surface area contributed by atoms with Crippen molar-refractivity contribution < 1.29 is 9.53 Å². The highest BCUT2D eigenvalue weighted by molar-refractivity contribution is 5.82. The van der Waals surface area contributed by atoms with Gasteiger partial charge in [-0.05, 0) is 63.6 Å². The zero-order valence-corrected chi connectivity index (χ0v) is 19.0. The number of aryl methyl sites for hydroxylation is 1. The molecule has 4 rings (SSSR count). The van der Waals surface area contributed by atoms with Gasteiger partial charge in [-0.3, -0.25) is 9.36 Å². The Hall–Kier alpha value is -3.55. The largest absolute Gasteiger partial charge is 0.444 e. The van der Waals surface area contributed by atoms with E-state index < -0.39 is 5.60 Å². The van der Waals surface area contributed by atoms with Crippen molar-refractivity contribution in [3.63, 3.8) is 0 Å². The Morgan fingerprint density at radius 1 is 1.06 bits per heavy atom. The van der Waals surface area contributed by atoms with Crippen molar-refractivity contribution in [3.05, 3.63) is 58.6 Å². The molecule has 1 aliphatic heterocycles. The number of amides is 1. The fraction of sp³-hybridized carbons (Fsp3) is 0.375. The third kappa shape index (κ3) is 4.39. The van der Waals surface area contributed by atoms with Crippen LogP contribution < -0.4 is 16.2 Å². The zero-order valence-electron chi connectivity index (χ0n) is 19.0. The summed E-state index contributed by atoms with van der Waals surface area (Å²) in [6, 6.07) is 11.2. The van der Waals surface area contributed by atoms with Gasteiger partial charge in [0.1, 0.15) is 11.9 Å². The lowest BCUT2D eigenvalue weighted by atomic mass is 10.1. The van der Waals surface area contributed by atoms with Crippen LogP contribution >= 0.6 is 0 Å². The Balaban J connectivity index is 1.59. The maximum absolute atomic E-state index is 13.3. The molecule has 0 unspecified atom stereocenters. The van der Waals surface area contributed by atoms with E-state index in [-0.39, 0.29) is 11.7 Å². The molecular formula is C24H29N5O3. The Bertz CT molecular complexity index is 1220. The number of hydrogen-bond donors (Lipinski definition) is 1. The molecular weight excluding hydrogens is 406 g/mol. The Kier molecular flexibility index (Phi) is 5.54. The number of aromatic nitrogens is 2. The molecule has 1 fully saturated rings. The number of piperazine rings is 1. The van der Waals surface area contributed by atoms with Crippen LogP contribution in [-0.4, -0.2) is 52.3 Å². The second-order valence-corrected chi connectivity index (χ2v) is 9.12. The summed E-state index contributed by atoms with van der Waals surface area (Å²) in [6.07, 6.45) is 1.26. The first-order valence-electron chi connectivity index (χ1n) is 10.7. The number of rotatable bonds is 2. The number of carbonyl (C=O) groups is 1. The molecule has 0 aliphatic carbocycles. The van der Waals surface area contributed by atoms with Crippen LogP contribution in [0.25, 0.3) is 16.6 Å². The Morgan fingerprint density at radius 3 is 2.47 bits per heavy atom. The molecule has 0 saturated carbocycles. The van der Waals surface area contributed by atoms with E-state index in [0.29, 0.717) is 42.8 Å². The van der Waals surface area contributed by atoms with Crippen LogP contribution in [0.5, 0.6) is 0 Å². The molecule has 0 spiro atoms. The fourth-order valence-corrected chi connectivity index (χ4v) is 3.84. The van der Waals surface area contributed by atoms with Gasteiger partial charge in [-0.15, -0.1) is 0 Å². The van der Waals surface area contributed by atoms with Crippen molar-refractivity contribution in [2.75, 3.05) is 36.8 Å². The minimum Gasteiger partial charge on any atom is -0.444 e. The van der Waals surface area contributed by atoms with Crippen LogP contribution in [0.15, 0.2) is 47.5 Å². The number of carbonyl (C=O) groups excluding carboxylic acids is 1. The molecule has 0 atom stereocenters. The summed E-state index contributed by atoms with van der Waals surface area (Å²) < 4.78 is 7.01. The second kappa shape index (κ2) is 8.18. The van der Waals surface area contributed by atoms with Crippen molar-refractivity contribution in [2.24, 2.45) is 0 Å². The molecule has 2 aromatic carbocycles. The zero-order chi connectivity index (χ0) is 23.0. The van der Waals surface area contributed by atoms with Gasteiger partial charge in [-0.2, -0.15) is 0 Å². The summed E-state index contributed by atoms with van der Waals surface area (Å²) in [5.41, 5.74) is 9.11. The average molecular weight is 436 g/mol. The van der Waals surface area contributed by atoms with Gasteiger partial charge in [0.15, 0.2) is 0 Å². The summed E-state index contributed by atoms with van der Waals surface area (Å²) in [7, 11) is 0. The first kappa shape index (κ1) is 21.7. The van der Waals surface area contributed by atoms with Crippen molar-refractivity contribution in [1.82, 2.24) is 14.5 Å². The maximum Gasteiger partial charge on any atom is 0.410 e. The van der Waals surface area contributed by atoms with Gasteiger partial charge >= 0.3 is 6.09 Å². The van der Waals surface area contributed by atoms with Crippen molar-refractivity contribution in [3.8, 4) is 5.69 Å². The van der Waals surface area contributed by atoms with E-state index in [4.69, 9.17) is 10.5 Å². The van der Waals surface area contributed by atoms with Gasteiger partial charge in [0.05, 0.1) is 16.6 Å². The van der Waals surface area contributed by atoms with Crippen LogP contribution in [-0.2, 0) is 4.74 Å². The highest BCUT2D eigenvalue weighted by atomic mass is 16.6. The molecule has 8 nitrogen and oxygen atoms in total. The first-order valence-corrected chi connectivity index (χ1v) is 10.7. The molecule has 32 heavy (non-hydrogen) atoms. The fourth-order valence-electron chi connectivity index (χ4n) is 3.84. The molecule has 1 aromatic heterocycles. The van der Waals surface area contributed by atoms with Crippen LogP contribution in [0.2, 0.25) is 0 Å². The molecule has 8 heteroatoms. The van der Waals surface area contributed by atoms with E-state index in [1.54, 1.807) is 17.3 Å². The summed E-state index contributed by atoms with van der Waals surface area (Å²) in [5, 5.41) is 0.543. The number of benzene rings is 2. The molecule has 1 amide bonds. The number of nitrogen functional groups attached to an aromatic ring is 1. The van der Waals surface area contributed by atoms with Crippen LogP contribution in [0.3, 0.4) is 0 Å². The maximum atomic E-state index is 13.3. The van der Waals surface area contributed by atoms with Gasteiger partial charge in [0, 0.05) is 37.6 Å². The number of fused-ring (bicyclic) bond motifs is 1. The molecule has 2 N–H and O–H groups in total. The van der Waals surface area contributed by atoms with E-state index in [2.05, 4.69) is 9.88 Å². The van der Waals surface area contributed by atoms with Gasteiger partial charge in [-0.25, -0.2) is 9.78 Å². The third-order valence-corrected chi connectivity index (χ3v) is 5.53. The predicted molar refractivity (Wildman–Crippen MR) is 127 cm³/mol. The minimum absolute atomic E-state index is 0.141. The Labute approximate surface area is 187 Å². The molecule has 3 aromatic rings. The lowest BCUT2D eigenvalue weighted by Crippen LogP contribution is -2.50. The highest BCUT2D eigenvalue weighted by Gasteiger charge is 2.26. The van der Waals surface area contributed by atoms with Crippen molar-refractivity contribution in [1.29, 1.82) is 0 Å². The van der Waals surface area contributed by atoms with E-state index in [9.17, 15) is 9.59 Å². The average Bonchev–Trinajstić information content (AvgIpc) is 2.75. The Morgan fingerprint density at radius 2 is 1.78 bits per heavy atom. The van der Waals surface area contributed by atoms with Crippen LogP contribution in [0.1, 0.15) is 26.3 Å². The lowest BCUT2D eigenvalue weighted by molar-refractivity contribution is 0.0240. The van der Waals surface area contributed by atoms with Gasteiger partial charge in [0.25, 0.3) is 5.56 Å².